The Labute approximate surface area is 135 Å². The Balaban J connectivity index is 2.01. The fraction of sp³-hybridized carbons (Fsp3) is 0.235. The van der Waals surface area contributed by atoms with Gasteiger partial charge in [-0.2, -0.15) is 5.26 Å². The summed E-state index contributed by atoms with van der Waals surface area (Å²) in [7, 11) is 0. The van der Waals surface area contributed by atoms with Gasteiger partial charge < -0.3 is 15.4 Å². The van der Waals surface area contributed by atoms with E-state index in [0.29, 0.717) is 22.9 Å². The molecule has 118 valence electrons. The second kappa shape index (κ2) is 7.80. The minimum absolute atomic E-state index is 0.109. The number of pyridine rings is 1. The third-order valence-corrected chi connectivity index (χ3v) is 3.17. The van der Waals surface area contributed by atoms with Crippen LogP contribution >= 0.6 is 0 Å². The van der Waals surface area contributed by atoms with Gasteiger partial charge in [-0.25, -0.2) is 9.78 Å². The smallest absolute Gasteiger partial charge is 0.319 e. The number of anilines is 1. The number of rotatable bonds is 5. The molecule has 0 saturated heterocycles. The van der Waals surface area contributed by atoms with Gasteiger partial charge in [0.2, 0.25) is 5.88 Å². The summed E-state index contributed by atoms with van der Waals surface area (Å²) in [5.41, 5.74) is 1.09. The predicted octanol–water partition coefficient (Wildman–Crippen LogP) is 3.67. The first-order valence-corrected chi connectivity index (χ1v) is 7.32. The molecule has 1 atom stereocenters. The highest BCUT2D eigenvalue weighted by atomic mass is 16.5. The molecule has 2 N–H and O–H groups in total. The summed E-state index contributed by atoms with van der Waals surface area (Å²) in [6.45, 7) is 3.94. The molecule has 0 fully saturated rings. The summed E-state index contributed by atoms with van der Waals surface area (Å²) in [4.78, 5) is 15.9. The Morgan fingerprint density at radius 1 is 1.39 bits per heavy atom. The van der Waals surface area contributed by atoms with Crippen LogP contribution in [-0.4, -0.2) is 17.1 Å². The summed E-state index contributed by atoms with van der Waals surface area (Å²) in [5, 5.41) is 14.3. The van der Waals surface area contributed by atoms with Crippen molar-refractivity contribution < 1.29 is 9.53 Å². The standard InChI is InChI=1S/C17H18N4O2/c1-3-12(2)20-17(22)21-14-5-4-6-15(9-14)23-16-8-7-13(10-18)11-19-16/h4-9,11-12H,3H2,1-2H3,(H2,20,21,22). The first-order valence-electron chi connectivity index (χ1n) is 7.32. The minimum atomic E-state index is -0.256. The summed E-state index contributed by atoms with van der Waals surface area (Å²) in [6.07, 6.45) is 2.30. The first kappa shape index (κ1) is 16.3. The van der Waals surface area contributed by atoms with Gasteiger partial charge in [0.1, 0.15) is 11.8 Å². The van der Waals surface area contributed by atoms with Crippen LogP contribution in [0.2, 0.25) is 0 Å². The zero-order chi connectivity index (χ0) is 16.7. The van der Waals surface area contributed by atoms with Crippen molar-refractivity contribution in [2.45, 2.75) is 26.3 Å². The van der Waals surface area contributed by atoms with Gasteiger partial charge in [-0.1, -0.05) is 13.0 Å². The maximum absolute atomic E-state index is 11.8. The molecule has 0 aliphatic carbocycles. The van der Waals surface area contributed by atoms with E-state index in [1.807, 2.05) is 19.9 Å². The molecule has 1 unspecified atom stereocenters. The summed E-state index contributed by atoms with van der Waals surface area (Å²) >= 11 is 0. The van der Waals surface area contributed by atoms with Gasteiger partial charge in [0.25, 0.3) is 0 Å². The fourth-order valence-electron chi connectivity index (χ4n) is 1.76. The maximum atomic E-state index is 11.8. The van der Waals surface area contributed by atoms with Gasteiger partial charge in [-0.15, -0.1) is 0 Å². The maximum Gasteiger partial charge on any atom is 0.319 e. The molecule has 0 saturated carbocycles. The van der Waals surface area contributed by atoms with Gasteiger partial charge in [0, 0.05) is 30.1 Å². The van der Waals surface area contributed by atoms with Crippen molar-refractivity contribution in [1.82, 2.24) is 10.3 Å². The number of ether oxygens (including phenoxy) is 1. The van der Waals surface area contributed by atoms with Crippen LogP contribution in [0.1, 0.15) is 25.8 Å². The van der Waals surface area contributed by atoms with E-state index in [-0.39, 0.29) is 12.1 Å². The highest BCUT2D eigenvalue weighted by Gasteiger charge is 2.06. The average molecular weight is 310 g/mol. The van der Waals surface area contributed by atoms with Crippen LogP contribution in [-0.2, 0) is 0 Å². The number of hydrogen-bond donors (Lipinski definition) is 2. The van der Waals surface area contributed by atoms with Crippen LogP contribution < -0.4 is 15.4 Å². The molecule has 0 aliphatic rings. The number of carbonyl (C=O) groups is 1. The molecule has 2 amide bonds. The molecule has 1 heterocycles. The molecule has 23 heavy (non-hydrogen) atoms. The van der Waals surface area contributed by atoms with Crippen LogP contribution in [0.4, 0.5) is 10.5 Å². The van der Waals surface area contributed by atoms with E-state index in [9.17, 15) is 4.79 Å². The van der Waals surface area contributed by atoms with E-state index in [4.69, 9.17) is 10.00 Å². The average Bonchev–Trinajstić information content (AvgIpc) is 2.55. The van der Waals surface area contributed by atoms with Crippen molar-refractivity contribution in [3.63, 3.8) is 0 Å². The van der Waals surface area contributed by atoms with E-state index in [1.165, 1.54) is 6.20 Å². The van der Waals surface area contributed by atoms with Gasteiger partial charge >= 0.3 is 6.03 Å². The Morgan fingerprint density at radius 2 is 2.22 bits per heavy atom. The number of hydrogen-bond acceptors (Lipinski definition) is 4. The number of benzene rings is 1. The number of urea groups is 1. The number of amides is 2. The molecule has 0 radical (unpaired) electrons. The van der Waals surface area contributed by atoms with Crippen molar-refractivity contribution in [2.24, 2.45) is 0 Å². The van der Waals surface area contributed by atoms with Crippen LogP contribution in [0.3, 0.4) is 0 Å². The number of aromatic nitrogens is 1. The predicted molar refractivity (Wildman–Crippen MR) is 87.4 cm³/mol. The van der Waals surface area contributed by atoms with Gasteiger partial charge in [-0.3, -0.25) is 0 Å². The van der Waals surface area contributed by atoms with E-state index >= 15 is 0 Å². The van der Waals surface area contributed by atoms with E-state index in [1.54, 1.807) is 36.4 Å². The fourth-order valence-corrected chi connectivity index (χ4v) is 1.76. The van der Waals surface area contributed by atoms with Crippen LogP contribution in [0.25, 0.3) is 0 Å². The molecular formula is C17H18N4O2. The second-order valence-corrected chi connectivity index (χ2v) is 5.03. The van der Waals surface area contributed by atoms with Gasteiger partial charge in [0.15, 0.2) is 0 Å². The monoisotopic (exact) mass is 310 g/mol. The topological polar surface area (TPSA) is 87.0 Å². The molecular weight excluding hydrogens is 292 g/mol. The number of nitrogens with one attached hydrogen (secondary N) is 2. The molecule has 2 rings (SSSR count). The highest BCUT2D eigenvalue weighted by molar-refractivity contribution is 5.89. The SMILES string of the molecule is CCC(C)NC(=O)Nc1cccc(Oc2ccc(C#N)cn2)c1. The van der Waals surface area contributed by atoms with Crippen LogP contribution in [0.5, 0.6) is 11.6 Å². The Morgan fingerprint density at radius 3 is 2.87 bits per heavy atom. The summed E-state index contributed by atoms with van der Waals surface area (Å²) in [6, 6.07) is 12.1. The molecule has 2 aromatic rings. The van der Waals surface area contributed by atoms with Crippen LogP contribution in [0.15, 0.2) is 42.6 Å². The van der Waals surface area contributed by atoms with Gasteiger partial charge in [0.05, 0.1) is 5.56 Å². The number of nitrogens with zero attached hydrogens (tertiary/aromatic N) is 2. The third kappa shape index (κ3) is 5.00. The number of carbonyl (C=O) groups excluding carboxylic acids is 1. The molecule has 0 aliphatic heterocycles. The molecule has 1 aromatic carbocycles. The Hall–Kier alpha value is -3.07. The quantitative estimate of drug-likeness (QED) is 0.882. The van der Waals surface area contributed by atoms with Crippen LogP contribution in [0, 0.1) is 11.3 Å². The largest absolute Gasteiger partial charge is 0.439 e. The lowest BCUT2D eigenvalue weighted by Gasteiger charge is -2.13. The Kier molecular flexibility index (Phi) is 5.53. The molecule has 0 spiro atoms. The third-order valence-electron chi connectivity index (χ3n) is 3.17. The lowest BCUT2D eigenvalue weighted by molar-refractivity contribution is 0.249. The highest BCUT2D eigenvalue weighted by Crippen LogP contribution is 2.22. The molecule has 0 bridgehead atoms. The molecule has 1 aromatic heterocycles. The minimum Gasteiger partial charge on any atom is -0.439 e. The van der Waals surface area contributed by atoms with Crippen molar-refractivity contribution in [3.05, 3.63) is 48.2 Å². The van der Waals surface area contributed by atoms with Crippen molar-refractivity contribution in [2.75, 3.05) is 5.32 Å². The second-order valence-electron chi connectivity index (χ2n) is 5.03. The summed E-state index contributed by atoms with van der Waals surface area (Å²) in [5.74, 6) is 0.925. The lowest BCUT2D eigenvalue weighted by Crippen LogP contribution is -2.35. The van der Waals surface area contributed by atoms with E-state index in [0.717, 1.165) is 6.42 Å². The van der Waals surface area contributed by atoms with Crippen molar-refractivity contribution in [3.8, 4) is 17.7 Å². The van der Waals surface area contributed by atoms with Crippen molar-refractivity contribution in [1.29, 1.82) is 5.26 Å². The van der Waals surface area contributed by atoms with Gasteiger partial charge in [-0.05, 0) is 31.5 Å². The first-order chi connectivity index (χ1) is 11.1. The van der Waals surface area contributed by atoms with E-state index in [2.05, 4.69) is 15.6 Å². The number of nitriles is 1. The molecule has 6 heteroatoms. The zero-order valence-corrected chi connectivity index (χ0v) is 13.0. The van der Waals surface area contributed by atoms with Crippen molar-refractivity contribution >= 4 is 11.7 Å². The molecule has 6 nitrogen and oxygen atoms in total. The summed E-state index contributed by atoms with van der Waals surface area (Å²) < 4.78 is 5.61. The van der Waals surface area contributed by atoms with E-state index < -0.39 is 0 Å². The normalized spacial score (nSPS) is 11.2. The lowest BCUT2D eigenvalue weighted by atomic mass is 10.2. The Bertz CT molecular complexity index is 707. The zero-order valence-electron chi connectivity index (χ0n) is 13.0.